The van der Waals surface area contributed by atoms with Crippen LogP contribution >= 0.6 is 33.3 Å². The Morgan fingerprint density at radius 2 is 2.00 bits per heavy atom. The summed E-state index contributed by atoms with van der Waals surface area (Å²) in [4.78, 5) is 0. The van der Waals surface area contributed by atoms with Gasteiger partial charge in [0, 0.05) is 18.9 Å². The van der Waals surface area contributed by atoms with E-state index in [1.165, 1.54) is 6.42 Å². The zero-order valence-electron chi connectivity index (χ0n) is 11.2. The molecule has 104 valence electrons. The smallest absolute Gasteiger partial charge is 0.102 e. The van der Waals surface area contributed by atoms with E-state index < -0.39 is 0 Å². The SMILES string of the molecule is CNCCCCOCSSCCNC(C)SC. The lowest BCUT2D eigenvalue weighted by Gasteiger charge is -2.09. The molecule has 0 saturated carbocycles. The van der Waals surface area contributed by atoms with Gasteiger partial charge < -0.3 is 15.4 Å². The van der Waals surface area contributed by atoms with E-state index in [-0.39, 0.29) is 0 Å². The Morgan fingerprint density at radius 1 is 1.18 bits per heavy atom. The largest absolute Gasteiger partial charge is 0.370 e. The third kappa shape index (κ3) is 14.9. The molecule has 0 bridgehead atoms. The molecule has 0 aromatic carbocycles. The van der Waals surface area contributed by atoms with Crippen molar-refractivity contribution in [3.63, 3.8) is 0 Å². The van der Waals surface area contributed by atoms with Crippen molar-refractivity contribution < 1.29 is 4.74 Å². The Morgan fingerprint density at radius 3 is 2.71 bits per heavy atom. The van der Waals surface area contributed by atoms with Crippen LogP contribution in [0.3, 0.4) is 0 Å². The Hall–Kier alpha value is 0.930. The summed E-state index contributed by atoms with van der Waals surface area (Å²) in [6, 6.07) is 0. The molecule has 3 nitrogen and oxygen atoms in total. The second kappa shape index (κ2) is 15.0. The third-order valence-corrected chi connectivity index (χ3v) is 5.11. The molecule has 0 radical (unpaired) electrons. The number of rotatable bonds is 13. The molecule has 2 N–H and O–H groups in total. The molecule has 0 fully saturated rings. The first-order valence-corrected chi connectivity index (χ1v) is 9.81. The van der Waals surface area contributed by atoms with Gasteiger partial charge in [-0.15, -0.1) is 11.8 Å². The van der Waals surface area contributed by atoms with Crippen molar-refractivity contribution in [3.8, 4) is 0 Å². The number of nitrogens with one attached hydrogen (secondary N) is 2. The van der Waals surface area contributed by atoms with Crippen molar-refractivity contribution in [1.29, 1.82) is 0 Å². The fraction of sp³-hybridized carbons (Fsp3) is 1.00. The molecule has 1 atom stereocenters. The van der Waals surface area contributed by atoms with Gasteiger partial charge in [-0.1, -0.05) is 21.6 Å². The van der Waals surface area contributed by atoms with E-state index in [0.29, 0.717) is 5.37 Å². The molecule has 1 unspecified atom stereocenters. The van der Waals surface area contributed by atoms with Crippen molar-refractivity contribution in [1.82, 2.24) is 10.6 Å². The van der Waals surface area contributed by atoms with E-state index in [9.17, 15) is 0 Å². The van der Waals surface area contributed by atoms with Crippen molar-refractivity contribution in [2.24, 2.45) is 0 Å². The summed E-state index contributed by atoms with van der Waals surface area (Å²) in [5.41, 5.74) is 0. The van der Waals surface area contributed by atoms with Gasteiger partial charge in [0.05, 0.1) is 5.37 Å². The van der Waals surface area contributed by atoms with Gasteiger partial charge >= 0.3 is 0 Å². The number of hydrogen-bond acceptors (Lipinski definition) is 6. The van der Waals surface area contributed by atoms with Crippen molar-refractivity contribution in [2.45, 2.75) is 25.1 Å². The topological polar surface area (TPSA) is 33.3 Å². The molecule has 0 aromatic heterocycles. The summed E-state index contributed by atoms with van der Waals surface area (Å²) in [5, 5.41) is 7.13. The van der Waals surface area contributed by atoms with Crippen LogP contribution in [-0.2, 0) is 4.74 Å². The maximum Gasteiger partial charge on any atom is 0.102 e. The molecule has 0 heterocycles. The Labute approximate surface area is 118 Å². The van der Waals surface area contributed by atoms with Crippen LogP contribution in [-0.4, -0.2) is 50.1 Å². The molecule has 17 heavy (non-hydrogen) atoms. The molecule has 0 saturated heterocycles. The van der Waals surface area contributed by atoms with Gasteiger partial charge in [-0.05, 0) is 39.6 Å². The highest BCUT2D eigenvalue weighted by atomic mass is 33.1. The van der Waals surface area contributed by atoms with E-state index in [2.05, 4.69) is 23.8 Å². The second-order valence-electron chi connectivity index (χ2n) is 3.61. The molecular weight excluding hydrogens is 272 g/mol. The number of thioether (sulfide) groups is 1. The van der Waals surface area contributed by atoms with E-state index in [1.54, 1.807) is 0 Å². The average Bonchev–Trinajstić information content (AvgIpc) is 2.35. The first kappa shape index (κ1) is 17.9. The summed E-state index contributed by atoms with van der Waals surface area (Å²) >= 11 is 1.85. The fourth-order valence-electron chi connectivity index (χ4n) is 1.08. The quantitative estimate of drug-likeness (QED) is 0.309. The third-order valence-electron chi connectivity index (χ3n) is 2.15. The zero-order chi connectivity index (χ0) is 12.8. The Bertz CT molecular complexity index is 153. The van der Waals surface area contributed by atoms with Crippen LogP contribution in [0, 0.1) is 0 Å². The highest BCUT2D eigenvalue weighted by Crippen LogP contribution is 2.20. The molecule has 6 heteroatoms. The molecular formula is C11H26N2OS3. The van der Waals surface area contributed by atoms with E-state index in [4.69, 9.17) is 4.74 Å². The Balaban J connectivity index is 2.94. The fourth-order valence-corrected chi connectivity index (χ4v) is 2.95. The number of unbranched alkanes of at least 4 members (excludes halogenated alkanes) is 1. The lowest BCUT2D eigenvalue weighted by atomic mass is 10.3. The van der Waals surface area contributed by atoms with Crippen LogP contribution in [0.1, 0.15) is 19.8 Å². The first-order valence-electron chi connectivity index (χ1n) is 6.04. The normalized spacial score (nSPS) is 12.9. The van der Waals surface area contributed by atoms with Gasteiger partial charge in [-0.2, -0.15) is 0 Å². The standard InChI is InChI=1S/C11H26N2OS3/c1-11(15-3)13-7-9-16-17-10-14-8-5-4-6-12-2/h11-13H,4-10H2,1-3H3. The monoisotopic (exact) mass is 298 g/mol. The maximum absolute atomic E-state index is 5.52. The van der Waals surface area contributed by atoms with Crippen LogP contribution in [0.15, 0.2) is 0 Å². The minimum Gasteiger partial charge on any atom is -0.370 e. The second-order valence-corrected chi connectivity index (χ2v) is 7.32. The summed E-state index contributed by atoms with van der Waals surface area (Å²) in [6.07, 6.45) is 4.48. The Kier molecular flexibility index (Phi) is 15.8. The van der Waals surface area contributed by atoms with Crippen molar-refractivity contribution in [3.05, 3.63) is 0 Å². The molecule has 0 aliphatic heterocycles. The maximum atomic E-state index is 5.52. The van der Waals surface area contributed by atoms with Crippen LogP contribution in [0.4, 0.5) is 0 Å². The first-order chi connectivity index (χ1) is 8.31. The predicted molar refractivity (Wildman–Crippen MR) is 85.0 cm³/mol. The molecule has 0 aliphatic rings. The van der Waals surface area contributed by atoms with Crippen LogP contribution < -0.4 is 10.6 Å². The zero-order valence-corrected chi connectivity index (χ0v) is 13.6. The summed E-state index contributed by atoms with van der Waals surface area (Å²) in [5.74, 6) is 1.95. The van der Waals surface area contributed by atoms with Gasteiger partial charge in [0.1, 0.15) is 5.94 Å². The van der Waals surface area contributed by atoms with Gasteiger partial charge in [0.25, 0.3) is 0 Å². The molecule has 0 aromatic rings. The van der Waals surface area contributed by atoms with Crippen LogP contribution in [0.2, 0.25) is 0 Å². The lowest BCUT2D eigenvalue weighted by molar-refractivity contribution is 0.178. The predicted octanol–water partition coefficient (Wildman–Crippen LogP) is 2.64. The average molecular weight is 299 g/mol. The van der Waals surface area contributed by atoms with Crippen LogP contribution in [0.25, 0.3) is 0 Å². The van der Waals surface area contributed by atoms with Gasteiger partial charge in [-0.3, -0.25) is 0 Å². The highest BCUT2D eigenvalue weighted by molar-refractivity contribution is 8.76. The van der Waals surface area contributed by atoms with Crippen molar-refractivity contribution >= 4 is 33.3 Å². The van der Waals surface area contributed by atoms with Gasteiger partial charge in [-0.25, -0.2) is 0 Å². The summed E-state index contributed by atoms with van der Waals surface area (Å²) in [7, 11) is 5.68. The molecule has 0 rings (SSSR count). The van der Waals surface area contributed by atoms with Gasteiger partial charge in [0.15, 0.2) is 0 Å². The number of hydrogen-bond donors (Lipinski definition) is 2. The van der Waals surface area contributed by atoms with Crippen LogP contribution in [0.5, 0.6) is 0 Å². The van der Waals surface area contributed by atoms with Gasteiger partial charge in [0.2, 0.25) is 0 Å². The summed E-state index contributed by atoms with van der Waals surface area (Å²) < 4.78 is 5.52. The minimum atomic E-state index is 0.559. The molecule has 0 spiro atoms. The lowest BCUT2D eigenvalue weighted by Crippen LogP contribution is -2.24. The minimum absolute atomic E-state index is 0.559. The summed E-state index contributed by atoms with van der Waals surface area (Å²) in [6.45, 7) is 5.24. The molecule has 0 aliphatic carbocycles. The highest BCUT2D eigenvalue weighted by Gasteiger charge is 1.97. The molecule has 0 amide bonds. The van der Waals surface area contributed by atoms with E-state index in [0.717, 1.165) is 37.8 Å². The van der Waals surface area contributed by atoms with E-state index in [1.807, 2.05) is 40.4 Å². The van der Waals surface area contributed by atoms with Crippen molar-refractivity contribution in [2.75, 3.05) is 44.7 Å². The van der Waals surface area contributed by atoms with E-state index >= 15 is 0 Å². The number of ether oxygens (including phenoxy) is 1.